The highest BCUT2D eigenvalue weighted by Crippen LogP contribution is 2.20. The van der Waals surface area contributed by atoms with Crippen LogP contribution in [0.4, 0.5) is 11.6 Å². The second-order valence-corrected chi connectivity index (χ2v) is 8.24. The zero-order valence-corrected chi connectivity index (χ0v) is 17.0. The molecular formula is C17H20N8O4S. The average molecular weight is 432 g/mol. The van der Waals surface area contributed by atoms with E-state index in [0.29, 0.717) is 22.7 Å². The number of fused-ring (bicyclic) bond motifs is 1. The maximum absolute atomic E-state index is 12.4. The minimum atomic E-state index is -3.35. The van der Waals surface area contributed by atoms with E-state index in [-0.39, 0.29) is 30.5 Å². The van der Waals surface area contributed by atoms with Crippen LogP contribution in [0.1, 0.15) is 17.4 Å². The van der Waals surface area contributed by atoms with Gasteiger partial charge in [0.05, 0.1) is 24.3 Å². The highest BCUT2D eigenvalue weighted by Gasteiger charge is 2.15. The number of imidazole rings is 1. The van der Waals surface area contributed by atoms with Crippen molar-refractivity contribution in [3.05, 3.63) is 36.4 Å². The van der Waals surface area contributed by atoms with Crippen molar-refractivity contribution in [2.45, 2.75) is 6.92 Å². The summed E-state index contributed by atoms with van der Waals surface area (Å²) in [7, 11) is -3.35. The van der Waals surface area contributed by atoms with Gasteiger partial charge < -0.3 is 20.8 Å². The normalized spacial score (nSPS) is 11.4. The van der Waals surface area contributed by atoms with Crippen LogP contribution in [-0.2, 0) is 14.8 Å². The number of hydrogen-bond donors (Lipinski definition) is 4. The van der Waals surface area contributed by atoms with Crippen LogP contribution in [0.15, 0.2) is 30.7 Å². The van der Waals surface area contributed by atoms with E-state index in [0.717, 1.165) is 6.26 Å². The van der Waals surface area contributed by atoms with Crippen LogP contribution >= 0.6 is 0 Å². The lowest BCUT2D eigenvalue weighted by molar-refractivity contribution is -0.114. The summed E-state index contributed by atoms with van der Waals surface area (Å²) in [4.78, 5) is 36.1. The van der Waals surface area contributed by atoms with Crippen molar-refractivity contribution in [3.8, 4) is 11.3 Å². The Bertz CT molecular complexity index is 1220. The molecule has 0 aromatic carbocycles. The Kier molecular flexibility index (Phi) is 5.94. The van der Waals surface area contributed by atoms with Gasteiger partial charge in [0.15, 0.2) is 17.3 Å². The zero-order valence-electron chi connectivity index (χ0n) is 16.2. The van der Waals surface area contributed by atoms with Crippen molar-refractivity contribution in [2.24, 2.45) is 0 Å². The van der Waals surface area contributed by atoms with E-state index in [1.165, 1.54) is 13.1 Å². The first-order valence-corrected chi connectivity index (χ1v) is 10.6. The van der Waals surface area contributed by atoms with Gasteiger partial charge in [-0.05, 0) is 12.1 Å². The number of aromatic nitrogens is 4. The molecule has 13 heteroatoms. The summed E-state index contributed by atoms with van der Waals surface area (Å²) >= 11 is 0. The van der Waals surface area contributed by atoms with E-state index in [1.807, 2.05) is 0 Å². The summed E-state index contributed by atoms with van der Waals surface area (Å²) in [6.07, 6.45) is 5.83. The van der Waals surface area contributed by atoms with Crippen molar-refractivity contribution in [2.75, 3.05) is 30.4 Å². The summed E-state index contributed by atoms with van der Waals surface area (Å²) in [5, 5.41) is 5.15. The Morgan fingerprint density at radius 2 is 1.93 bits per heavy atom. The number of amides is 2. The fourth-order valence-corrected chi connectivity index (χ4v) is 3.06. The fourth-order valence-electron chi connectivity index (χ4n) is 2.58. The summed E-state index contributed by atoms with van der Waals surface area (Å²) in [6, 6.07) is 3.48. The molecule has 0 aliphatic rings. The van der Waals surface area contributed by atoms with Crippen molar-refractivity contribution in [1.82, 2.24) is 29.4 Å². The van der Waals surface area contributed by atoms with Gasteiger partial charge in [-0.25, -0.2) is 28.1 Å². The molecule has 0 fully saturated rings. The lowest BCUT2D eigenvalue weighted by Crippen LogP contribution is -2.35. The molecule has 30 heavy (non-hydrogen) atoms. The molecule has 3 aromatic rings. The number of pyridine rings is 1. The van der Waals surface area contributed by atoms with E-state index < -0.39 is 15.9 Å². The molecule has 0 aliphatic carbocycles. The largest absolute Gasteiger partial charge is 0.382 e. The third kappa shape index (κ3) is 5.27. The van der Waals surface area contributed by atoms with Crippen molar-refractivity contribution < 1.29 is 18.0 Å². The van der Waals surface area contributed by atoms with Crippen LogP contribution in [0.5, 0.6) is 0 Å². The smallest absolute Gasteiger partial charge is 0.273 e. The lowest BCUT2D eigenvalue weighted by Gasteiger charge is -2.09. The molecular weight excluding hydrogens is 412 g/mol. The zero-order chi connectivity index (χ0) is 21.9. The quantitative estimate of drug-likeness (QED) is 0.365. The monoisotopic (exact) mass is 432 g/mol. The molecule has 12 nitrogen and oxygen atoms in total. The highest BCUT2D eigenvalue weighted by molar-refractivity contribution is 7.88. The van der Waals surface area contributed by atoms with Crippen LogP contribution in [-0.4, -0.2) is 58.9 Å². The Balaban J connectivity index is 1.80. The van der Waals surface area contributed by atoms with Crippen LogP contribution in [0.3, 0.4) is 0 Å². The van der Waals surface area contributed by atoms with Gasteiger partial charge in [-0.15, -0.1) is 0 Å². The molecule has 3 aromatic heterocycles. The number of nitrogens with zero attached hydrogens (tertiary/aromatic N) is 4. The first-order valence-electron chi connectivity index (χ1n) is 8.74. The fraction of sp³-hybridized carbons (Fsp3) is 0.235. The van der Waals surface area contributed by atoms with Gasteiger partial charge in [0, 0.05) is 31.8 Å². The third-order valence-electron chi connectivity index (χ3n) is 3.84. The molecule has 0 saturated heterocycles. The van der Waals surface area contributed by atoms with E-state index in [9.17, 15) is 18.0 Å². The second kappa shape index (κ2) is 8.42. The number of nitrogens with one attached hydrogen (secondary N) is 3. The minimum absolute atomic E-state index is 0.0333. The van der Waals surface area contributed by atoms with Crippen LogP contribution in [0, 0.1) is 0 Å². The molecule has 0 unspecified atom stereocenters. The van der Waals surface area contributed by atoms with Crippen LogP contribution < -0.4 is 21.1 Å². The molecule has 0 spiro atoms. The summed E-state index contributed by atoms with van der Waals surface area (Å²) in [5.74, 6) is -0.450. The lowest BCUT2D eigenvalue weighted by atomic mass is 10.2. The molecule has 0 saturated carbocycles. The van der Waals surface area contributed by atoms with Crippen molar-refractivity contribution in [3.63, 3.8) is 0 Å². The predicted octanol–water partition coefficient (Wildman–Crippen LogP) is -0.389. The molecule has 0 radical (unpaired) electrons. The standard InChI is InChI=1S/C17H20N8O4S/c1-10(26)22-13-9-25-8-11(3-4-14(25)24-13)12-7-20-16(18)15(23-12)17(27)19-5-6-21-30(2,28)29/h3-4,7-9,21H,5-6H2,1-2H3,(H2,18,20)(H,19,27)(H,22,26). The second-order valence-electron chi connectivity index (χ2n) is 6.40. The number of nitrogen functional groups attached to an aromatic ring is 1. The summed E-state index contributed by atoms with van der Waals surface area (Å²) in [5.41, 5.74) is 7.37. The van der Waals surface area contributed by atoms with Crippen molar-refractivity contribution >= 4 is 39.1 Å². The number of nitrogens with two attached hydrogens (primary N) is 1. The number of carbonyl (C=O) groups excluding carboxylic acids is 2. The molecule has 3 rings (SSSR count). The van der Waals surface area contributed by atoms with Crippen LogP contribution in [0.2, 0.25) is 0 Å². The van der Waals surface area contributed by atoms with E-state index in [2.05, 4.69) is 30.3 Å². The molecule has 0 bridgehead atoms. The molecule has 0 aliphatic heterocycles. The highest BCUT2D eigenvalue weighted by atomic mass is 32.2. The van der Waals surface area contributed by atoms with E-state index >= 15 is 0 Å². The number of hydrogen-bond acceptors (Lipinski definition) is 8. The van der Waals surface area contributed by atoms with Gasteiger partial charge in [0.2, 0.25) is 15.9 Å². The average Bonchev–Trinajstić information content (AvgIpc) is 3.05. The number of sulfonamides is 1. The van der Waals surface area contributed by atoms with Gasteiger partial charge in [-0.1, -0.05) is 0 Å². The molecule has 3 heterocycles. The van der Waals surface area contributed by atoms with Gasteiger partial charge in [-0.2, -0.15) is 0 Å². The van der Waals surface area contributed by atoms with Gasteiger partial charge >= 0.3 is 0 Å². The number of rotatable bonds is 7. The Hall–Kier alpha value is -3.58. The van der Waals surface area contributed by atoms with E-state index in [1.54, 1.807) is 28.9 Å². The molecule has 0 atom stereocenters. The predicted molar refractivity (Wildman–Crippen MR) is 110 cm³/mol. The van der Waals surface area contributed by atoms with Gasteiger partial charge in [-0.3, -0.25) is 9.59 Å². The van der Waals surface area contributed by atoms with Crippen molar-refractivity contribution in [1.29, 1.82) is 0 Å². The Morgan fingerprint density at radius 1 is 1.17 bits per heavy atom. The maximum atomic E-state index is 12.4. The number of anilines is 2. The van der Waals surface area contributed by atoms with Gasteiger partial charge in [0.25, 0.3) is 5.91 Å². The summed E-state index contributed by atoms with van der Waals surface area (Å²) < 4.78 is 26.1. The molecule has 5 N–H and O–H groups in total. The van der Waals surface area contributed by atoms with Crippen LogP contribution in [0.25, 0.3) is 16.9 Å². The molecule has 158 valence electrons. The first kappa shape index (κ1) is 21.1. The third-order valence-corrected chi connectivity index (χ3v) is 4.57. The maximum Gasteiger partial charge on any atom is 0.273 e. The molecule has 2 amide bonds. The Morgan fingerprint density at radius 3 is 2.63 bits per heavy atom. The van der Waals surface area contributed by atoms with Gasteiger partial charge in [0.1, 0.15) is 5.65 Å². The Labute approximate surface area is 172 Å². The SMILES string of the molecule is CC(=O)Nc1cn2cc(-c3cnc(N)c(C(=O)NCCNS(C)(=O)=O)n3)ccc2n1. The topological polar surface area (TPSA) is 173 Å². The minimum Gasteiger partial charge on any atom is -0.382 e. The first-order chi connectivity index (χ1) is 14.1. The summed E-state index contributed by atoms with van der Waals surface area (Å²) in [6.45, 7) is 1.49. The van der Waals surface area contributed by atoms with E-state index in [4.69, 9.17) is 5.73 Å². The number of carbonyl (C=O) groups is 2.